The molecule has 1 aliphatic carbocycles. The highest BCUT2D eigenvalue weighted by Gasteiger charge is 2.15. The summed E-state index contributed by atoms with van der Waals surface area (Å²) in [5, 5.41) is 0. The molecule has 0 N–H and O–H groups in total. The maximum Gasteiger partial charge on any atom is 0.119 e. The van der Waals surface area contributed by atoms with Gasteiger partial charge in [0.1, 0.15) is 5.75 Å². The largest absolute Gasteiger partial charge is 0.493 e. The molecule has 0 heterocycles. The number of halogens is 1. The maximum atomic E-state index is 5.98. The first-order valence-electron chi connectivity index (χ1n) is 7.31. The Balaban J connectivity index is 1.74. The molecule has 2 heteroatoms. The van der Waals surface area contributed by atoms with E-state index in [1.807, 2.05) is 6.07 Å². The number of hydrogen-bond acceptors (Lipinski definition) is 1. The van der Waals surface area contributed by atoms with Crippen LogP contribution in [0, 0.1) is 5.92 Å². The molecule has 0 bridgehead atoms. The van der Waals surface area contributed by atoms with Gasteiger partial charge in [-0.05, 0) is 48.1 Å². The van der Waals surface area contributed by atoms with Gasteiger partial charge in [0, 0.05) is 4.47 Å². The van der Waals surface area contributed by atoms with Crippen molar-refractivity contribution in [3.63, 3.8) is 0 Å². The van der Waals surface area contributed by atoms with Crippen LogP contribution in [0.2, 0.25) is 0 Å². The lowest BCUT2D eigenvalue weighted by atomic mass is 10.1. The van der Waals surface area contributed by atoms with Crippen LogP contribution in [-0.2, 0) is 0 Å². The molecule has 2 aromatic rings. The monoisotopic (exact) mass is 330 g/mol. The van der Waals surface area contributed by atoms with Crippen molar-refractivity contribution in [1.29, 1.82) is 0 Å². The lowest BCUT2D eigenvalue weighted by molar-refractivity contribution is 0.252. The van der Waals surface area contributed by atoms with Crippen LogP contribution in [0.4, 0.5) is 0 Å². The smallest absolute Gasteiger partial charge is 0.119 e. The summed E-state index contributed by atoms with van der Waals surface area (Å²) < 4.78 is 7.10. The summed E-state index contributed by atoms with van der Waals surface area (Å²) in [5.74, 6) is 1.73. The Morgan fingerprint density at radius 2 is 1.80 bits per heavy atom. The molecular formula is C18H19BrO. The summed E-state index contributed by atoms with van der Waals surface area (Å²) in [6.45, 7) is 0.861. The van der Waals surface area contributed by atoms with Gasteiger partial charge >= 0.3 is 0 Å². The van der Waals surface area contributed by atoms with Crippen molar-refractivity contribution in [1.82, 2.24) is 0 Å². The van der Waals surface area contributed by atoms with Gasteiger partial charge in [0.2, 0.25) is 0 Å². The van der Waals surface area contributed by atoms with Gasteiger partial charge in [0.25, 0.3) is 0 Å². The molecular weight excluding hydrogens is 312 g/mol. The van der Waals surface area contributed by atoms with E-state index in [4.69, 9.17) is 4.74 Å². The van der Waals surface area contributed by atoms with Crippen molar-refractivity contribution < 1.29 is 4.74 Å². The Hall–Kier alpha value is -1.28. The van der Waals surface area contributed by atoms with Gasteiger partial charge < -0.3 is 4.74 Å². The van der Waals surface area contributed by atoms with E-state index in [-0.39, 0.29) is 0 Å². The molecule has 1 aliphatic rings. The van der Waals surface area contributed by atoms with E-state index in [0.717, 1.165) is 22.7 Å². The van der Waals surface area contributed by atoms with Crippen LogP contribution in [0.5, 0.6) is 5.75 Å². The number of ether oxygens (including phenoxy) is 1. The maximum absolute atomic E-state index is 5.98. The Morgan fingerprint density at radius 3 is 2.60 bits per heavy atom. The third-order valence-corrected chi connectivity index (χ3v) is 4.67. The Labute approximate surface area is 129 Å². The molecule has 2 aromatic carbocycles. The molecule has 104 valence electrons. The number of hydrogen-bond donors (Lipinski definition) is 0. The zero-order valence-corrected chi connectivity index (χ0v) is 13.1. The predicted molar refractivity (Wildman–Crippen MR) is 87.0 cm³/mol. The molecule has 20 heavy (non-hydrogen) atoms. The molecule has 1 fully saturated rings. The van der Waals surface area contributed by atoms with Crippen LogP contribution in [0.1, 0.15) is 25.7 Å². The fraction of sp³-hybridized carbons (Fsp3) is 0.333. The fourth-order valence-corrected chi connectivity index (χ4v) is 3.35. The molecule has 1 nitrogen and oxygen atoms in total. The zero-order chi connectivity index (χ0) is 13.8. The third-order valence-electron chi connectivity index (χ3n) is 3.98. The molecule has 1 saturated carbocycles. The average Bonchev–Trinajstić information content (AvgIpc) is 2.99. The van der Waals surface area contributed by atoms with Crippen LogP contribution in [0.3, 0.4) is 0 Å². The highest BCUT2D eigenvalue weighted by Crippen LogP contribution is 2.31. The van der Waals surface area contributed by atoms with Crippen LogP contribution in [0.15, 0.2) is 53.0 Å². The van der Waals surface area contributed by atoms with Gasteiger partial charge in [-0.15, -0.1) is 0 Å². The SMILES string of the molecule is Brc1ccccc1-c1cccc(OCC2CCCC2)c1. The van der Waals surface area contributed by atoms with Crippen molar-refractivity contribution >= 4 is 15.9 Å². The van der Waals surface area contributed by atoms with Gasteiger partial charge in [0.05, 0.1) is 6.61 Å². The van der Waals surface area contributed by atoms with Gasteiger partial charge in [-0.3, -0.25) is 0 Å². The highest BCUT2D eigenvalue weighted by atomic mass is 79.9. The molecule has 0 saturated heterocycles. The summed E-state index contributed by atoms with van der Waals surface area (Å²) in [4.78, 5) is 0. The molecule has 0 atom stereocenters. The second-order valence-corrected chi connectivity index (χ2v) is 6.32. The van der Waals surface area contributed by atoms with Crippen LogP contribution >= 0.6 is 15.9 Å². The summed E-state index contributed by atoms with van der Waals surface area (Å²) in [6.07, 6.45) is 5.38. The summed E-state index contributed by atoms with van der Waals surface area (Å²) in [6, 6.07) is 16.7. The van der Waals surface area contributed by atoms with Crippen molar-refractivity contribution in [2.45, 2.75) is 25.7 Å². The molecule has 0 amide bonds. The van der Waals surface area contributed by atoms with Gasteiger partial charge in [-0.25, -0.2) is 0 Å². The van der Waals surface area contributed by atoms with Gasteiger partial charge in [0.15, 0.2) is 0 Å². The Morgan fingerprint density at radius 1 is 1.00 bits per heavy atom. The second-order valence-electron chi connectivity index (χ2n) is 5.47. The molecule has 0 aromatic heterocycles. The third kappa shape index (κ3) is 3.24. The van der Waals surface area contributed by atoms with E-state index in [1.165, 1.54) is 36.8 Å². The summed E-state index contributed by atoms with van der Waals surface area (Å²) in [7, 11) is 0. The molecule has 0 aliphatic heterocycles. The van der Waals surface area contributed by atoms with E-state index in [1.54, 1.807) is 0 Å². The van der Waals surface area contributed by atoms with Crippen LogP contribution in [-0.4, -0.2) is 6.61 Å². The lowest BCUT2D eigenvalue weighted by Gasteiger charge is -2.12. The highest BCUT2D eigenvalue weighted by molar-refractivity contribution is 9.10. The van der Waals surface area contributed by atoms with Gasteiger partial charge in [-0.1, -0.05) is 59.1 Å². The molecule has 0 radical (unpaired) electrons. The lowest BCUT2D eigenvalue weighted by Crippen LogP contribution is -2.07. The average molecular weight is 331 g/mol. The Kier molecular flexibility index (Phi) is 4.41. The Bertz CT molecular complexity index is 573. The quantitative estimate of drug-likeness (QED) is 0.700. The minimum Gasteiger partial charge on any atom is -0.493 e. The molecule has 3 rings (SSSR count). The molecule has 0 unspecified atom stereocenters. The predicted octanol–water partition coefficient (Wildman–Crippen LogP) is 5.69. The van der Waals surface area contributed by atoms with E-state index >= 15 is 0 Å². The van der Waals surface area contributed by atoms with Crippen LogP contribution < -0.4 is 4.74 Å². The normalized spacial score (nSPS) is 15.4. The van der Waals surface area contributed by atoms with Crippen LogP contribution in [0.25, 0.3) is 11.1 Å². The first kappa shape index (κ1) is 13.7. The number of rotatable bonds is 4. The van der Waals surface area contributed by atoms with E-state index < -0.39 is 0 Å². The van der Waals surface area contributed by atoms with Crippen molar-refractivity contribution in [2.24, 2.45) is 5.92 Å². The first-order valence-corrected chi connectivity index (χ1v) is 8.10. The van der Waals surface area contributed by atoms with Crippen molar-refractivity contribution in [3.05, 3.63) is 53.0 Å². The van der Waals surface area contributed by atoms with Gasteiger partial charge in [-0.2, -0.15) is 0 Å². The molecule has 0 spiro atoms. The topological polar surface area (TPSA) is 9.23 Å². The first-order chi connectivity index (χ1) is 9.83. The standard InChI is InChI=1S/C18H19BrO/c19-18-11-4-3-10-17(18)15-8-5-9-16(12-15)20-13-14-6-1-2-7-14/h3-5,8-12,14H,1-2,6-7,13H2. The summed E-state index contributed by atoms with van der Waals surface area (Å²) >= 11 is 3.61. The number of benzene rings is 2. The van der Waals surface area contributed by atoms with E-state index in [0.29, 0.717) is 0 Å². The van der Waals surface area contributed by atoms with Crippen molar-refractivity contribution in [3.8, 4) is 16.9 Å². The minimum absolute atomic E-state index is 0.752. The summed E-state index contributed by atoms with van der Waals surface area (Å²) in [5.41, 5.74) is 2.40. The minimum atomic E-state index is 0.752. The fourth-order valence-electron chi connectivity index (χ4n) is 2.84. The van der Waals surface area contributed by atoms with E-state index in [2.05, 4.69) is 58.4 Å². The zero-order valence-electron chi connectivity index (χ0n) is 11.5. The van der Waals surface area contributed by atoms with Crippen molar-refractivity contribution in [2.75, 3.05) is 6.61 Å². The van der Waals surface area contributed by atoms with E-state index in [9.17, 15) is 0 Å². The second kappa shape index (κ2) is 6.45.